The average molecular weight is 310 g/mol. The molecule has 9 heteroatoms. The monoisotopic (exact) mass is 309 g/mol. The molecule has 1 heterocycles. The Morgan fingerprint density at radius 2 is 2.05 bits per heavy atom. The molecule has 108 valence electrons. The Hall–Kier alpha value is -1.83. The second-order valence-corrected chi connectivity index (χ2v) is 4.43. The molecule has 0 aliphatic heterocycles. The Bertz CT molecular complexity index is 657. The first kappa shape index (κ1) is 14.6. The minimum atomic E-state index is -4.56. The second-order valence-electron chi connectivity index (χ2n) is 4.03. The third-order valence-electron chi connectivity index (χ3n) is 2.46. The number of halogens is 5. The first-order valence-corrected chi connectivity index (χ1v) is 5.80. The molecular formula is C11H8ClF4N3O. The summed E-state index contributed by atoms with van der Waals surface area (Å²) in [6.07, 6.45) is -4.77. The van der Waals surface area contributed by atoms with E-state index >= 15 is 0 Å². The minimum Gasteiger partial charge on any atom is -0.292 e. The van der Waals surface area contributed by atoms with Gasteiger partial charge in [-0.15, -0.1) is 0 Å². The molecule has 0 fully saturated rings. The first-order chi connectivity index (χ1) is 9.26. The summed E-state index contributed by atoms with van der Waals surface area (Å²) >= 11 is 5.79. The second kappa shape index (κ2) is 5.28. The number of benzene rings is 1. The van der Waals surface area contributed by atoms with Crippen LogP contribution >= 0.6 is 11.6 Å². The Balaban J connectivity index is 2.28. The van der Waals surface area contributed by atoms with Gasteiger partial charge in [0.05, 0.1) is 0 Å². The number of aromatic nitrogens is 3. The van der Waals surface area contributed by atoms with Crippen LogP contribution in [0.5, 0.6) is 0 Å². The van der Waals surface area contributed by atoms with Crippen molar-refractivity contribution >= 4 is 11.6 Å². The fourth-order valence-corrected chi connectivity index (χ4v) is 1.86. The van der Waals surface area contributed by atoms with Crippen molar-refractivity contribution in [1.82, 2.24) is 14.8 Å². The van der Waals surface area contributed by atoms with Gasteiger partial charge < -0.3 is 0 Å². The molecule has 0 bridgehead atoms. The van der Waals surface area contributed by atoms with Gasteiger partial charge in [-0.25, -0.2) is 13.9 Å². The van der Waals surface area contributed by atoms with Crippen LogP contribution in [0.15, 0.2) is 23.0 Å². The lowest BCUT2D eigenvalue weighted by molar-refractivity contribution is -0.143. The van der Waals surface area contributed by atoms with Gasteiger partial charge in [0.2, 0.25) is 0 Å². The van der Waals surface area contributed by atoms with Crippen LogP contribution in [0.3, 0.4) is 0 Å². The van der Waals surface area contributed by atoms with Crippen molar-refractivity contribution in [3.05, 3.63) is 50.9 Å². The van der Waals surface area contributed by atoms with E-state index in [4.69, 9.17) is 11.6 Å². The molecular weight excluding hydrogens is 302 g/mol. The van der Waals surface area contributed by atoms with Crippen LogP contribution in [0.4, 0.5) is 17.6 Å². The molecule has 0 atom stereocenters. The van der Waals surface area contributed by atoms with Crippen molar-refractivity contribution in [2.75, 3.05) is 0 Å². The predicted octanol–water partition coefficient (Wildman–Crippen LogP) is 2.52. The van der Waals surface area contributed by atoms with E-state index in [0.717, 1.165) is 6.07 Å². The molecule has 0 unspecified atom stereocenters. The standard InChI is InChI=1S/C11H8ClF4N3O/c12-7-2-1-3-8(13)6(7)4-9-17-10(20)19(18-9)5-11(14,15)16/h1-3H,4-5H2,(H,17,18,20). The van der Waals surface area contributed by atoms with Gasteiger partial charge in [0.15, 0.2) is 0 Å². The summed E-state index contributed by atoms with van der Waals surface area (Å²) in [5.41, 5.74) is -0.952. The highest BCUT2D eigenvalue weighted by molar-refractivity contribution is 6.31. The highest BCUT2D eigenvalue weighted by Gasteiger charge is 2.29. The summed E-state index contributed by atoms with van der Waals surface area (Å²) in [5, 5.41) is 3.58. The molecule has 1 aromatic carbocycles. The van der Waals surface area contributed by atoms with Gasteiger partial charge in [-0.2, -0.15) is 18.3 Å². The van der Waals surface area contributed by atoms with E-state index in [-0.39, 0.29) is 27.5 Å². The van der Waals surface area contributed by atoms with E-state index in [0.29, 0.717) is 0 Å². The molecule has 0 aliphatic carbocycles. The van der Waals surface area contributed by atoms with Crippen LogP contribution < -0.4 is 5.69 Å². The molecule has 0 saturated heterocycles. The summed E-state index contributed by atoms with van der Waals surface area (Å²) in [6, 6.07) is 3.99. The molecule has 4 nitrogen and oxygen atoms in total. The Kier molecular flexibility index (Phi) is 3.85. The number of hydrogen-bond donors (Lipinski definition) is 1. The fourth-order valence-electron chi connectivity index (χ4n) is 1.63. The molecule has 1 N–H and O–H groups in total. The van der Waals surface area contributed by atoms with E-state index in [2.05, 4.69) is 10.1 Å². The first-order valence-electron chi connectivity index (χ1n) is 5.42. The van der Waals surface area contributed by atoms with E-state index < -0.39 is 24.2 Å². The summed E-state index contributed by atoms with van der Waals surface area (Å²) in [6.45, 7) is -1.51. The maximum absolute atomic E-state index is 13.5. The Labute approximate surface area is 115 Å². The number of rotatable bonds is 3. The number of alkyl halides is 3. The van der Waals surface area contributed by atoms with E-state index in [1.165, 1.54) is 12.1 Å². The van der Waals surface area contributed by atoms with Crippen molar-refractivity contribution < 1.29 is 17.6 Å². The average Bonchev–Trinajstić information content (AvgIpc) is 2.62. The lowest BCUT2D eigenvalue weighted by Gasteiger charge is -2.04. The van der Waals surface area contributed by atoms with Crippen LogP contribution in [0, 0.1) is 5.82 Å². The Morgan fingerprint density at radius 3 is 2.65 bits per heavy atom. The van der Waals surface area contributed by atoms with Gasteiger partial charge >= 0.3 is 11.9 Å². The summed E-state index contributed by atoms with van der Waals surface area (Å²) < 4.78 is 50.3. The van der Waals surface area contributed by atoms with Gasteiger partial charge in [0.1, 0.15) is 18.2 Å². The molecule has 0 radical (unpaired) electrons. The molecule has 0 amide bonds. The van der Waals surface area contributed by atoms with Gasteiger partial charge in [0, 0.05) is 17.0 Å². The van der Waals surface area contributed by atoms with E-state index in [1.807, 2.05) is 0 Å². The van der Waals surface area contributed by atoms with Crippen molar-refractivity contribution in [3.8, 4) is 0 Å². The number of nitrogens with one attached hydrogen (secondary N) is 1. The highest BCUT2D eigenvalue weighted by atomic mass is 35.5. The van der Waals surface area contributed by atoms with E-state index in [9.17, 15) is 22.4 Å². The number of aromatic amines is 1. The smallest absolute Gasteiger partial charge is 0.292 e. The molecule has 0 saturated carbocycles. The predicted molar refractivity (Wildman–Crippen MR) is 63.1 cm³/mol. The summed E-state index contributed by atoms with van der Waals surface area (Å²) in [4.78, 5) is 13.4. The van der Waals surface area contributed by atoms with Crippen molar-refractivity contribution in [1.29, 1.82) is 0 Å². The molecule has 2 aromatic rings. The normalized spacial score (nSPS) is 11.8. The quantitative estimate of drug-likeness (QED) is 0.886. The maximum Gasteiger partial charge on any atom is 0.408 e. The third kappa shape index (κ3) is 3.38. The van der Waals surface area contributed by atoms with Crippen LogP contribution in [0.25, 0.3) is 0 Å². The van der Waals surface area contributed by atoms with Crippen LogP contribution in [0.1, 0.15) is 11.4 Å². The summed E-state index contributed by atoms with van der Waals surface area (Å²) in [5.74, 6) is -0.713. The van der Waals surface area contributed by atoms with Crippen molar-refractivity contribution in [2.24, 2.45) is 0 Å². The minimum absolute atomic E-state index is 0.0575. The largest absolute Gasteiger partial charge is 0.408 e. The molecule has 2 rings (SSSR count). The topological polar surface area (TPSA) is 50.7 Å². The van der Waals surface area contributed by atoms with Crippen molar-refractivity contribution in [3.63, 3.8) is 0 Å². The molecule has 20 heavy (non-hydrogen) atoms. The lowest BCUT2D eigenvalue weighted by Crippen LogP contribution is -2.27. The van der Waals surface area contributed by atoms with Gasteiger partial charge in [-0.05, 0) is 12.1 Å². The molecule has 0 spiro atoms. The van der Waals surface area contributed by atoms with Gasteiger partial charge in [-0.3, -0.25) is 4.98 Å². The van der Waals surface area contributed by atoms with Gasteiger partial charge in [-0.1, -0.05) is 17.7 Å². The lowest BCUT2D eigenvalue weighted by atomic mass is 10.1. The van der Waals surface area contributed by atoms with Crippen LogP contribution in [-0.2, 0) is 13.0 Å². The zero-order chi connectivity index (χ0) is 14.9. The fraction of sp³-hybridized carbons (Fsp3) is 0.273. The maximum atomic E-state index is 13.5. The zero-order valence-corrected chi connectivity index (χ0v) is 10.6. The summed E-state index contributed by atoms with van der Waals surface area (Å²) in [7, 11) is 0. The Morgan fingerprint density at radius 1 is 1.35 bits per heavy atom. The SMILES string of the molecule is O=c1[nH]c(Cc2c(F)cccc2Cl)nn1CC(F)(F)F. The van der Waals surface area contributed by atoms with Gasteiger partial charge in [0.25, 0.3) is 0 Å². The molecule has 1 aromatic heterocycles. The van der Waals surface area contributed by atoms with E-state index in [1.54, 1.807) is 0 Å². The van der Waals surface area contributed by atoms with Crippen molar-refractivity contribution in [2.45, 2.75) is 19.1 Å². The zero-order valence-electron chi connectivity index (χ0n) is 9.84. The van der Waals surface area contributed by atoms with Crippen LogP contribution in [0.2, 0.25) is 5.02 Å². The third-order valence-corrected chi connectivity index (χ3v) is 2.82. The molecule has 0 aliphatic rings. The highest BCUT2D eigenvalue weighted by Crippen LogP contribution is 2.21. The van der Waals surface area contributed by atoms with Crippen LogP contribution in [-0.4, -0.2) is 20.9 Å². The number of H-pyrrole nitrogens is 1. The number of nitrogens with zero attached hydrogens (tertiary/aromatic N) is 2. The number of hydrogen-bond acceptors (Lipinski definition) is 2.